The van der Waals surface area contributed by atoms with Crippen molar-refractivity contribution in [2.75, 3.05) is 5.32 Å². The van der Waals surface area contributed by atoms with Gasteiger partial charge in [-0.2, -0.15) is 0 Å². The molecule has 1 fully saturated rings. The highest BCUT2D eigenvalue weighted by Crippen LogP contribution is 2.28. The zero-order valence-electron chi connectivity index (χ0n) is 9.74. The van der Waals surface area contributed by atoms with Crippen LogP contribution in [-0.4, -0.2) is 23.1 Å². The lowest BCUT2D eigenvalue weighted by molar-refractivity contribution is 0.0692. The molecule has 6 heteroatoms. The molecule has 2 rings (SSSR count). The molecule has 18 heavy (non-hydrogen) atoms. The molecule has 5 nitrogen and oxygen atoms in total. The van der Waals surface area contributed by atoms with Crippen molar-refractivity contribution in [3.63, 3.8) is 0 Å². The molecule has 2 amide bonds. The maximum absolute atomic E-state index is 13.3. The van der Waals surface area contributed by atoms with Crippen LogP contribution in [0.5, 0.6) is 0 Å². The summed E-state index contributed by atoms with van der Waals surface area (Å²) in [4.78, 5) is 22.1. The summed E-state index contributed by atoms with van der Waals surface area (Å²) in [6.07, 6.45) is 0.944. The SMILES string of the molecule is CC1CC1NC(=O)Nc1ccc(C(=O)O)c(F)c1. The predicted molar refractivity (Wildman–Crippen MR) is 63.1 cm³/mol. The Morgan fingerprint density at radius 2 is 2.11 bits per heavy atom. The number of aromatic carboxylic acids is 1. The van der Waals surface area contributed by atoms with Crippen molar-refractivity contribution in [3.05, 3.63) is 29.6 Å². The van der Waals surface area contributed by atoms with E-state index in [0.29, 0.717) is 5.92 Å². The minimum Gasteiger partial charge on any atom is -0.478 e. The van der Waals surface area contributed by atoms with E-state index in [9.17, 15) is 14.0 Å². The van der Waals surface area contributed by atoms with Gasteiger partial charge in [0.05, 0.1) is 5.56 Å². The van der Waals surface area contributed by atoms with Crippen LogP contribution in [0.4, 0.5) is 14.9 Å². The molecule has 0 aliphatic heterocycles. The van der Waals surface area contributed by atoms with Crippen LogP contribution < -0.4 is 10.6 Å². The first-order valence-corrected chi connectivity index (χ1v) is 5.57. The summed E-state index contributed by atoms with van der Waals surface area (Å²) >= 11 is 0. The summed E-state index contributed by atoms with van der Waals surface area (Å²) in [6.45, 7) is 2.02. The Labute approximate surface area is 103 Å². The maximum Gasteiger partial charge on any atom is 0.338 e. The van der Waals surface area contributed by atoms with Crippen molar-refractivity contribution in [2.45, 2.75) is 19.4 Å². The lowest BCUT2D eigenvalue weighted by Gasteiger charge is -2.07. The number of hydrogen-bond donors (Lipinski definition) is 3. The van der Waals surface area contributed by atoms with Crippen molar-refractivity contribution < 1.29 is 19.1 Å². The number of urea groups is 1. The number of benzene rings is 1. The lowest BCUT2D eigenvalue weighted by Crippen LogP contribution is -2.31. The second kappa shape index (κ2) is 4.64. The predicted octanol–water partition coefficient (Wildman–Crippen LogP) is 2.05. The zero-order valence-corrected chi connectivity index (χ0v) is 9.74. The smallest absolute Gasteiger partial charge is 0.338 e. The Morgan fingerprint density at radius 3 is 2.61 bits per heavy atom. The fourth-order valence-corrected chi connectivity index (χ4v) is 1.63. The van der Waals surface area contributed by atoms with Crippen LogP contribution in [-0.2, 0) is 0 Å². The average Bonchev–Trinajstić information content (AvgIpc) is 2.93. The summed E-state index contributed by atoms with van der Waals surface area (Å²) in [7, 11) is 0. The van der Waals surface area contributed by atoms with Gasteiger partial charge in [0.25, 0.3) is 0 Å². The van der Waals surface area contributed by atoms with Gasteiger partial charge in [-0.05, 0) is 30.5 Å². The van der Waals surface area contributed by atoms with Crippen molar-refractivity contribution in [1.29, 1.82) is 0 Å². The number of carbonyl (C=O) groups is 2. The van der Waals surface area contributed by atoms with Gasteiger partial charge in [-0.3, -0.25) is 0 Å². The van der Waals surface area contributed by atoms with E-state index in [1.54, 1.807) is 0 Å². The Balaban J connectivity index is 1.99. The molecular weight excluding hydrogens is 239 g/mol. The number of hydrogen-bond acceptors (Lipinski definition) is 2. The van der Waals surface area contributed by atoms with Crippen molar-refractivity contribution in [3.8, 4) is 0 Å². The van der Waals surface area contributed by atoms with Gasteiger partial charge in [0.2, 0.25) is 0 Å². The van der Waals surface area contributed by atoms with E-state index >= 15 is 0 Å². The summed E-state index contributed by atoms with van der Waals surface area (Å²) < 4.78 is 13.3. The molecule has 2 unspecified atom stereocenters. The monoisotopic (exact) mass is 252 g/mol. The molecule has 3 N–H and O–H groups in total. The van der Waals surface area contributed by atoms with E-state index in [-0.39, 0.29) is 11.7 Å². The number of carboxylic acid groups (broad SMARTS) is 1. The molecular formula is C12H13FN2O3. The van der Waals surface area contributed by atoms with Gasteiger partial charge in [0.1, 0.15) is 5.82 Å². The Morgan fingerprint density at radius 1 is 1.44 bits per heavy atom. The number of carboxylic acids is 1. The van der Waals surface area contributed by atoms with E-state index in [1.165, 1.54) is 6.07 Å². The number of halogens is 1. The first kappa shape index (κ1) is 12.3. The fraction of sp³-hybridized carbons (Fsp3) is 0.333. The number of carbonyl (C=O) groups excluding carboxylic acids is 1. The van der Waals surface area contributed by atoms with Gasteiger partial charge in [0.15, 0.2) is 0 Å². The average molecular weight is 252 g/mol. The van der Waals surface area contributed by atoms with Gasteiger partial charge in [-0.25, -0.2) is 14.0 Å². The topological polar surface area (TPSA) is 78.4 Å². The minimum absolute atomic E-state index is 0.174. The van der Waals surface area contributed by atoms with Crippen molar-refractivity contribution in [2.24, 2.45) is 5.92 Å². The minimum atomic E-state index is -1.34. The Bertz CT molecular complexity index is 504. The second-order valence-corrected chi connectivity index (χ2v) is 4.42. The summed E-state index contributed by atoms with van der Waals surface area (Å²) in [5, 5.41) is 13.8. The van der Waals surface area contributed by atoms with Gasteiger partial charge >= 0.3 is 12.0 Å². The van der Waals surface area contributed by atoms with Crippen LogP contribution in [0, 0.1) is 11.7 Å². The molecule has 1 saturated carbocycles. The molecule has 0 radical (unpaired) electrons. The van der Waals surface area contributed by atoms with E-state index < -0.39 is 23.4 Å². The molecule has 1 aromatic rings. The van der Waals surface area contributed by atoms with Crippen LogP contribution in [0.2, 0.25) is 0 Å². The summed E-state index contributed by atoms with van der Waals surface area (Å²) in [6, 6.07) is 3.22. The number of anilines is 1. The van der Waals surface area contributed by atoms with Crippen molar-refractivity contribution >= 4 is 17.7 Å². The molecule has 0 heterocycles. The van der Waals surface area contributed by atoms with E-state index in [2.05, 4.69) is 10.6 Å². The van der Waals surface area contributed by atoms with E-state index in [4.69, 9.17) is 5.11 Å². The number of rotatable bonds is 3. The summed E-state index contributed by atoms with van der Waals surface area (Å²) in [5.74, 6) is -1.74. The molecule has 2 atom stereocenters. The number of amides is 2. The van der Waals surface area contributed by atoms with Gasteiger partial charge < -0.3 is 15.7 Å². The van der Waals surface area contributed by atoms with E-state index in [0.717, 1.165) is 18.6 Å². The standard InChI is InChI=1S/C12H13FN2O3/c1-6-4-10(6)15-12(18)14-7-2-3-8(11(16)17)9(13)5-7/h2-3,5-6,10H,4H2,1H3,(H,16,17)(H2,14,15,18). The van der Waals surface area contributed by atoms with Crippen LogP contribution in [0.3, 0.4) is 0 Å². The van der Waals surface area contributed by atoms with Crippen molar-refractivity contribution in [1.82, 2.24) is 5.32 Å². The molecule has 1 aliphatic rings. The normalized spacial score (nSPS) is 21.2. The number of nitrogens with one attached hydrogen (secondary N) is 2. The molecule has 0 saturated heterocycles. The van der Waals surface area contributed by atoms with Gasteiger partial charge in [0, 0.05) is 11.7 Å². The third-order valence-electron chi connectivity index (χ3n) is 2.88. The lowest BCUT2D eigenvalue weighted by atomic mass is 10.2. The highest BCUT2D eigenvalue weighted by atomic mass is 19.1. The van der Waals surface area contributed by atoms with Gasteiger partial charge in [-0.15, -0.1) is 0 Å². The quantitative estimate of drug-likeness (QED) is 0.770. The maximum atomic E-state index is 13.3. The van der Waals surface area contributed by atoms with Crippen LogP contribution in [0.15, 0.2) is 18.2 Å². The molecule has 1 aliphatic carbocycles. The molecule has 0 aromatic heterocycles. The molecule has 0 bridgehead atoms. The fourth-order valence-electron chi connectivity index (χ4n) is 1.63. The largest absolute Gasteiger partial charge is 0.478 e. The molecule has 0 spiro atoms. The van der Waals surface area contributed by atoms with Crippen LogP contribution in [0.25, 0.3) is 0 Å². The second-order valence-electron chi connectivity index (χ2n) is 4.42. The Kier molecular flexibility index (Phi) is 3.18. The first-order valence-electron chi connectivity index (χ1n) is 5.57. The third kappa shape index (κ3) is 2.77. The molecule has 96 valence electrons. The first-order chi connectivity index (χ1) is 8.47. The highest BCUT2D eigenvalue weighted by Gasteiger charge is 2.33. The van der Waals surface area contributed by atoms with E-state index in [1.807, 2.05) is 6.92 Å². The third-order valence-corrected chi connectivity index (χ3v) is 2.88. The van der Waals surface area contributed by atoms with Gasteiger partial charge in [-0.1, -0.05) is 6.92 Å². The summed E-state index contributed by atoms with van der Waals surface area (Å²) in [5.41, 5.74) is -0.194. The van der Waals surface area contributed by atoms with Crippen LogP contribution in [0.1, 0.15) is 23.7 Å². The zero-order chi connectivity index (χ0) is 13.3. The molecule has 1 aromatic carbocycles. The highest BCUT2D eigenvalue weighted by molar-refractivity contribution is 5.92. The Hall–Kier alpha value is -2.11. The van der Waals surface area contributed by atoms with Crippen LogP contribution >= 0.6 is 0 Å².